The molecule has 0 aromatic heterocycles. The minimum absolute atomic E-state index is 0.155. The van der Waals surface area contributed by atoms with E-state index in [0.29, 0.717) is 10.7 Å². The Morgan fingerprint density at radius 3 is 2.63 bits per heavy atom. The van der Waals surface area contributed by atoms with Crippen LogP contribution in [0.15, 0.2) is 29.4 Å². The average Bonchev–Trinajstić information content (AvgIpc) is 2.69. The number of hydrazone groups is 1. The van der Waals surface area contributed by atoms with Gasteiger partial charge in [-0.2, -0.15) is 18.3 Å². The summed E-state index contributed by atoms with van der Waals surface area (Å²) in [7, 11) is 0. The zero-order valence-corrected chi connectivity index (χ0v) is 9.98. The summed E-state index contributed by atoms with van der Waals surface area (Å²) in [6, 6.07) is 5.05. The van der Waals surface area contributed by atoms with Crippen molar-refractivity contribution in [2.24, 2.45) is 5.10 Å². The molecule has 0 saturated carbocycles. The molecule has 19 heavy (non-hydrogen) atoms. The topological polar surface area (TPSA) is 52.9 Å². The van der Waals surface area contributed by atoms with Crippen molar-refractivity contribution in [1.82, 2.24) is 5.01 Å². The Labute approximate surface area is 107 Å². The van der Waals surface area contributed by atoms with Gasteiger partial charge in [-0.15, -0.1) is 0 Å². The van der Waals surface area contributed by atoms with E-state index in [0.717, 1.165) is 0 Å². The van der Waals surface area contributed by atoms with Gasteiger partial charge in [-0.3, -0.25) is 4.79 Å². The Bertz CT molecular complexity index is 540. The van der Waals surface area contributed by atoms with Gasteiger partial charge in [0.1, 0.15) is 5.75 Å². The molecule has 4 nitrogen and oxygen atoms in total. The quantitative estimate of drug-likeness (QED) is 0.854. The highest BCUT2D eigenvalue weighted by Gasteiger charge is 2.47. The second-order valence-corrected chi connectivity index (χ2v) is 4.26. The standard InChI is InChI=1S/C12H11F3N2O2/c1-7-6-9(8-4-2-3-5-10(8)18)17(16-7)11(19)12(13,14)15/h2-5,9,18H,6H2,1H3. The summed E-state index contributed by atoms with van der Waals surface area (Å²) in [5.41, 5.74) is 0.659. The maximum Gasteiger partial charge on any atom is 0.473 e. The second kappa shape index (κ2) is 4.56. The van der Waals surface area contributed by atoms with Crippen LogP contribution in [-0.2, 0) is 4.79 Å². The van der Waals surface area contributed by atoms with E-state index in [4.69, 9.17) is 0 Å². The zero-order chi connectivity index (χ0) is 14.2. The fourth-order valence-electron chi connectivity index (χ4n) is 1.99. The van der Waals surface area contributed by atoms with Crippen molar-refractivity contribution < 1.29 is 23.1 Å². The summed E-state index contributed by atoms with van der Waals surface area (Å²) < 4.78 is 37.5. The maximum atomic E-state index is 12.5. The molecule has 102 valence electrons. The first-order valence-corrected chi connectivity index (χ1v) is 5.53. The molecule has 0 bridgehead atoms. The van der Waals surface area contributed by atoms with Gasteiger partial charge in [-0.05, 0) is 13.0 Å². The first-order valence-electron chi connectivity index (χ1n) is 5.53. The highest BCUT2D eigenvalue weighted by atomic mass is 19.4. The Kier molecular flexibility index (Phi) is 3.21. The molecule has 0 fully saturated rings. The Morgan fingerprint density at radius 2 is 2.05 bits per heavy atom. The van der Waals surface area contributed by atoms with Gasteiger partial charge in [0.05, 0.1) is 6.04 Å². The molecule has 2 rings (SSSR count). The van der Waals surface area contributed by atoms with Crippen LogP contribution in [0.5, 0.6) is 5.75 Å². The molecule has 0 radical (unpaired) electrons. The molecule has 1 N–H and O–H groups in total. The van der Waals surface area contributed by atoms with Gasteiger partial charge in [0.15, 0.2) is 0 Å². The Hall–Kier alpha value is -2.05. The van der Waals surface area contributed by atoms with Crippen LogP contribution >= 0.6 is 0 Å². The molecular formula is C12H11F3N2O2. The first kappa shape index (κ1) is 13.4. The van der Waals surface area contributed by atoms with Gasteiger partial charge < -0.3 is 5.11 Å². The number of amides is 1. The van der Waals surface area contributed by atoms with E-state index >= 15 is 0 Å². The van der Waals surface area contributed by atoms with Crippen molar-refractivity contribution in [3.8, 4) is 5.75 Å². The first-order chi connectivity index (χ1) is 8.80. The minimum Gasteiger partial charge on any atom is -0.508 e. The third kappa shape index (κ3) is 2.54. The molecule has 1 heterocycles. The lowest BCUT2D eigenvalue weighted by Crippen LogP contribution is -2.38. The van der Waals surface area contributed by atoms with Crippen LogP contribution in [0.1, 0.15) is 24.9 Å². The highest BCUT2D eigenvalue weighted by Crippen LogP contribution is 2.37. The maximum absolute atomic E-state index is 12.5. The van der Waals surface area contributed by atoms with E-state index in [1.807, 2.05) is 0 Å². The number of phenols is 1. The van der Waals surface area contributed by atoms with Gasteiger partial charge in [0, 0.05) is 17.7 Å². The summed E-state index contributed by atoms with van der Waals surface area (Å²) in [6.45, 7) is 1.54. The second-order valence-electron chi connectivity index (χ2n) is 4.26. The predicted molar refractivity (Wildman–Crippen MR) is 61.5 cm³/mol. The number of phenolic OH excluding ortho intramolecular Hbond substituents is 1. The molecule has 1 unspecified atom stereocenters. The van der Waals surface area contributed by atoms with Gasteiger partial charge in [0.2, 0.25) is 0 Å². The van der Waals surface area contributed by atoms with E-state index in [-0.39, 0.29) is 17.7 Å². The summed E-state index contributed by atoms with van der Waals surface area (Å²) in [6.07, 6.45) is -4.82. The van der Waals surface area contributed by atoms with Gasteiger partial charge >= 0.3 is 12.1 Å². The van der Waals surface area contributed by atoms with Crippen LogP contribution in [0.2, 0.25) is 0 Å². The van der Waals surface area contributed by atoms with E-state index in [1.54, 1.807) is 12.1 Å². The third-order valence-electron chi connectivity index (χ3n) is 2.81. The van der Waals surface area contributed by atoms with Crippen LogP contribution in [-0.4, -0.2) is 27.9 Å². The summed E-state index contributed by atoms with van der Waals surface area (Å²) >= 11 is 0. The normalized spacial score (nSPS) is 19.5. The number of rotatable bonds is 1. The zero-order valence-electron chi connectivity index (χ0n) is 9.98. The van der Waals surface area contributed by atoms with Gasteiger partial charge in [-0.25, -0.2) is 5.01 Å². The monoisotopic (exact) mass is 272 g/mol. The Morgan fingerprint density at radius 1 is 1.42 bits per heavy atom. The number of benzene rings is 1. The fourth-order valence-corrected chi connectivity index (χ4v) is 1.99. The highest BCUT2D eigenvalue weighted by molar-refractivity contribution is 5.90. The van der Waals surface area contributed by atoms with Crippen molar-refractivity contribution in [1.29, 1.82) is 0 Å². The number of hydrogen-bond donors (Lipinski definition) is 1. The summed E-state index contributed by atoms with van der Waals surface area (Å²) in [5, 5.41) is 13.7. The Balaban J connectivity index is 2.37. The predicted octanol–water partition coefficient (Wildman–Crippen LogP) is 2.60. The van der Waals surface area contributed by atoms with Crippen molar-refractivity contribution >= 4 is 11.6 Å². The van der Waals surface area contributed by atoms with E-state index in [2.05, 4.69) is 5.10 Å². The molecule has 1 aromatic rings. The van der Waals surface area contributed by atoms with Crippen molar-refractivity contribution in [2.75, 3.05) is 0 Å². The van der Waals surface area contributed by atoms with Crippen LogP contribution in [0.3, 0.4) is 0 Å². The minimum atomic E-state index is -4.99. The van der Waals surface area contributed by atoms with Crippen LogP contribution in [0.4, 0.5) is 13.2 Å². The number of carbonyl (C=O) groups excluding carboxylic acids is 1. The number of halogens is 3. The number of alkyl halides is 3. The number of aromatic hydroxyl groups is 1. The number of hydrogen-bond acceptors (Lipinski definition) is 3. The van der Waals surface area contributed by atoms with Crippen LogP contribution in [0, 0.1) is 0 Å². The molecular weight excluding hydrogens is 261 g/mol. The lowest BCUT2D eigenvalue weighted by atomic mass is 10.0. The van der Waals surface area contributed by atoms with E-state index in [1.165, 1.54) is 19.1 Å². The summed E-state index contributed by atoms with van der Waals surface area (Å²) in [5.74, 6) is -2.19. The smallest absolute Gasteiger partial charge is 0.473 e. The molecule has 0 aliphatic carbocycles. The largest absolute Gasteiger partial charge is 0.508 e. The molecule has 1 atom stereocenters. The summed E-state index contributed by atoms with van der Waals surface area (Å²) in [4.78, 5) is 11.3. The van der Waals surface area contributed by atoms with E-state index in [9.17, 15) is 23.1 Å². The average molecular weight is 272 g/mol. The van der Waals surface area contributed by atoms with Crippen LogP contribution < -0.4 is 0 Å². The lowest BCUT2D eigenvalue weighted by molar-refractivity contribution is -0.187. The van der Waals surface area contributed by atoms with Crippen LogP contribution in [0.25, 0.3) is 0 Å². The van der Waals surface area contributed by atoms with Crippen molar-refractivity contribution in [3.63, 3.8) is 0 Å². The number of carbonyl (C=O) groups is 1. The number of para-hydroxylation sites is 1. The fraction of sp³-hybridized carbons (Fsp3) is 0.333. The molecule has 0 spiro atoms. The van der Waals surface area contributed by atoms with E-state index < -0.39 is 18.1 Å². The lowest BCUT2D eigenvalue weighted by Gasteiger charge is -2.23. The third-order valence-corrected chi connectivity index (χ3v) is 2.81. The molecule has 7 heteroatoms. The molecule has 0 saturated heterocycles. The molecule has 1 amide bonds. The van der Waals surface area contributed by atoms with Crippen molar-refractivity contribution in [2.45, 2.75) is 25.6 Å². The number of nitrogens with zero attached hydrogens (tertiary/aromatic N) is 2. The van der Waals surface area contributed by atoms with Gasteiger partial charge in [0.25, 0.3) is 0 Å². The SMILES string of the molecule is CC1=NN(C(=O)C(F)(F)F)C(c2ccccc2O)C1. The molecule has 1 aliphatic heterocycles. The van der Waals surface area contributed by atoms with Crippen molar-refractivity contribution in [3.05, 3.63) is 29.8 Å². The molecule has 1 aromatic carbocycles. The molecule has 1 aliphatic rings. The van der Waals surface area contributed by atoms with Gasteiger partial charge in [-0.1, -0.05) is 18.2 Å².